The largest absolute Gasteiger partial charge is 0.507 e. The van der Waals surface area contributed by atoms with Crippen LogP contribution in [-0.2, 0) is 14.3 Å². The van der Waals surface area contributed by atoms with Crippen LogP contribution in [0.15, 0.2) is 18.2 Å². The number of methoxy groups -OCH3 is 1. The fourth-order valence-corrected chi connectivity index (χ4v) is 2.28. The molecule has 0 aliphatic rings. The van der Waals surface area contributed by atoms with Gasteiger partial charge in [0.2, 0.25) is 0 Å². The van der Waals surface area contributed by atoms with Gasteiger partial charge in [0.1, 0.15) is 17.4 Å². The second-order valence-electron chi connectivity index (χ2n) is 7.54. The van der Waals surface area contributed by atoms with Crippen molar-refractivity contribution in [3.05, 3.63) is 23.8 Å². The molecule has 0 aliphatic heterocycles. The highest BCUT2D eigenvalue weighted by atomic mass is 16.6. The van der Waals surface area contributed by atoms with Gasteiger partial charge < -0.3 is 19.9 Å². The van der Waals surface area contributed by atoms with Crippen LogP contribution >= 0.6 is 0 Å². The molecule has 150 valence electrons. The first-order valence-electron chi connectivity index (χ1n) is 8.64. The summed E-state index contributed by atoms with van der Waals surface area (Å²) in [5.74, 6) is -1.37. The Bertz CT molecular complexity index is 694. The number of hydrogen-bond acceptors (Lipinski definition) is 6. The Balaban J connectivity index is 2.96. The summed E-state index contributed by atoms with van der Waals surface area (Å²) in [6.07, 6.45) is -0.304. The SMILES string of the molecule is COC(=O)[C@H](CC(C)C)NC(=O)c1cc(NC(=O)OC(C)(C)C)ccc1O. The summed E-state index contributed by atoms with van der Waals surface area (Å²) < 4.78 is 9.87. The Kier molecular flexibility index (Phi) is 7.63. The van der Waals surface area contributed by atoms with Gasteiger partial charge in [0.25, 0.3) is 5.91 Å². The lowest BCUT2D eigenvalue weighted by Crippen LogP contribution is -2.42. The highest BCUT2D eigenvalue weighted by Crippen LogP contribution is 2.22. The van der Waals surface area contributed by atoms with E-state index in [1.807, 2.05) is 13.8 Å². The third-order valence-corrected chi connectivity index (χ3v) is 3.38. The van der Waals surface area contributed by atoms with Crippen LogP contribution in [0.2, 0.25) is 0 Å². The third-order valence-electron chi connectivity index (χ3n) is 3.38. The van der Waals surface area contributed by atoms with Gasteiger partial charge in [0.15, 0.2) is 0 Å². The van der Waals surface area contributed by atoms with Gasteiger partial charge >= 0.3 is 12.1 Å². The molecule has 27 heavy (non-hydrogen) atoms. The van der Waals surface area contributed by atoms with Crippen molar-refractivity contribution in [1.82, 2.24) is 5.32 Å². The molecular formula is C19H28N2O6. The zero-order valence-corrected chi connectivity index (χ0v) is 16.6. The fraction of sp³-hybridized carbons (Fsp3) is 0.526. The second-order valence-corrected chi connectivity index (χ2v) is 7.54. The van der Waals surface area contributed by atoms with Crippen molar-refractivity contribution in [2.75, 3.05) is 12.4 Å². The molecule has 0 spiro atoms. The Hall–Kier alpha value is -2.77. The number of phenolic OH excluding ortho intramolecular Hbond substituents is 1. The lowest BCUT2D eigenvalue weighted by atomic mass is 10.0. The van der Waals surface area contributed by atoms with E-state index in [4.69, 9.17) is 9.47 Å². The summed E-state index contributed by atoms with van der Waals surface area (Å²) in [6, 6.07) is 3.17. The number of amides is 2. The molecule has 0 bridgehead atoms. The van der Waals surface area contributed by atoms with E-state index in [1.54, 1.807) is 20.8 Å². The van der Waals surface area contributed by atoms with Crippen LogP contribution in [0.4, 0.5) is 10.5 Å². The lowest BCUT2D eigenvalue weighted by Gasteiger charge is -2.20. The highest BCUT2D eigenvalue weighted by Gasteiger charge is 2.25. The minimum Gasteiger partial charge on any atom is -0.507 e. The van der Waals surface area contributed by atoms with Gasteiger partial charge in [-0.15, -0.1) is 0 Å². The molecular weight excluding hydrogens is 352 g/mol. The summed E-state index contributed by atoms with van der Waals surface area (Å²) in [4.78, 5) is 36.3. The molecule has 1 aromatic carbocycles. The normalized spacial score (nSPS) is 12.3. The standard InChI is InChI=1S/C19H28N2O6/c1-11(2)9-14(17(24)26-6)21-16(23)13-10-12(7-8-15(13)22)20-18(25)27-19(3,4)5/h7-8,10-11,14,22H,9H2,1-6H3,(H,20,25)(H,21,23)/t14-/m0/s1. The summed E-state index contributed by atoms with van der Waals surface area (Å²) >= 11 is 0. The molecule has 0 saturated heterocycles. The summed E-state index contributed by atoms with van der Waals surface area (Å²) in [5, 5.41) is 15.0. The number of hydrogen-bond donors (Lipinski definition) is 3. The van der Waals surface area contributed by atoms with Gasteiger partial charge in [-0.3, -0.25) is 10.1 Å². The number of aromatic hydroxyl groups is 1. The van der Waals surface area contributed by atoms with Crippen LogP contribution < -0.4 is 10.6 Å². The maximum absolute atomic E-state index is 12.5. The molecule has 0 unspecified atom stereocenters. The minimum absolute atomic E-state index is 0.0822. The number of carbonyl (C=O) groups excluding carboxylic acids is 3. The van der Waals surface area contributed by atoms with Gasteiger partial charge in [0.05, 0.1) is 12.7 Å². The van der Waals surface area contributed by atoms with Crippen molar-refractivity contribution in [3.63, 3.8) is 0 Å². The minimum atomic E-state index is -0.843. The summed E-state index contributed by atoms with van der Waals surface area (Å²) in [5.41, 5.74) is -0.488. The van der Waals surface area contributed by atoms with E-state index in [0.29, 0.717) is 6.42 Å². The monoisotopic (exact) mass is 380 g/mol. The van der Waals surface area contributed by atoms with Gasteiger partial charge in [-0.05, 0) is 51.3 Å². The molecule has 3 N–H and O–H groups in total. The van der Waals surface area contributed by atoms with Gasteiger partial charge in [-0.2, -0.15) is 0 Å². The molecule has 1 aromatic rings. The van der Waals surface area contributed by atoms with E-state index in [-0.39, 0.29) is 22.9 Å². The molecule has 0 aromatic heterocycles. The smallest absolute Gasteiger partial charge is 0.412 e. The van der Waals surface area contributed by atoms with Crippen molar-refractivity contribution in [2.45, 2.75) is 52.7 Å². The van der Waals surface area contributed by atoms with E-state index in [2.05, 4.69) is 10.6 Å². The van der Waals surface area contributed by atoms with E-state index in [1.165, 1.54) is 25.3 Å². The quantitative estimate of drug-likeness (QED) is 0.516. The molecule has 8 nitrogen and oxygen atoms in total. The number of nitrogens with one attached hydrogen (secondary N) is 2. The number of ether oxygens (including phenoxy) is 2. The van der Waals surface area contributed by atoms with Crippen molar-refractivity contribution in [2.24, 2.45) is 5.92 Å². The van der Waals surface area contributed by atoms with Crippen LogP contribution in [0.3, 0.4) is 0 Å². The fourth-order valence-electron chi connectivity index (χ4n) is 2.28. The lowest BCUT2D eigenvalue weighted by molar-refractivity contribution is -0.143. The average molecular weight is 380 g/mol. The van der Waals surface area contributed by atoms with Crippen molar-refractivity contribution >= 4 is 23.7 Å². The van der Waals surface area contributed by atoms with Gasteiger partial charge in [0, 0.05) is 5.69 Å². The Morgan fingerprint density at radius 2 is 1.81 bits per heavy atom. The summed E-state index contributed by atoms with van der Waals surface area (Å²) in [7, 11) is 1.24. The van der Waals surface area contributed by atoms with Crippen LogP contribution in [0, 0.1) is 5.92 Å². The van der Waals surface area contributed by atoms with Crippen LogP contribution in [0.5, 0.6) is 5.75 Å². The Morgan fingerprint density at radius 3 is 2.33 bits per heavy atom. The molecule has 0 radical (unpaired) electrons. The van der Waals surface area contributed by atoms with Crippen LogP contribution in [-0.4, -0.2) is 41.8 Å². The number of phenols is 1. The van der Waals surface area contributed by atoms with E-state index in [0.717, 1.165) is 0 Å². The molecule has 0 saturated carbocycles. The second kappa shape index (κ2) is 9.25. The number of anilines is 1. The van der Waals surface area contributed by atoms with Crippen LogP contribution in [0.25, 0.3) is 0 Å². The molecule has 1 rings (SSSR count). The topological polar surface area (TPSA) is 114 Å². The van der Waals surface area contributed by atoms with E-state index in [9.17, 15) is 19.5 Å². The highest BCUT2D eigenvalue weighted by molar-refractivity contribution is 6.00. The van der Waals surface area contributed by atoms with Gasteiger partial charge in [-0.25, -0.2) is 9.59 Å². The van der Waals surface area contributed by atoms with Gasteiger partial charge in [-0.1, -0.05) is 13.8 Å². The van der Waals surface area contributed by atoms with Crippen molar-refractivity contribution in [1.29, 1.82) is 0 Å². The average Bonchev–Trinajstić information content (AvgIpc) is 2.52. The number of rotatable bonds is 6. The predicted molar refractivity (Wildman–Crippen MR) is 101 cm³/mol. The molecule has 0 heterocycles. The predicted octanol–water partition coefficient (Wildman–Crippen LogP) is 3.06. The molecule has 1 atom stereocenters. The zero-order chi connectivity index (χ0) is 20.8. The molecule has 0 fully saturated rings. The summed E-state index contributed by atoms with van der Waals surface area (Å²) in [6.45, 7) is 8.99. The molecule has 2 amide bonds. The Morgan fingerprint density at radius 1 is 1.19 bits per heavy atom. The van der Waals surface area contributed by atoms with Crippen molar-refractivity contribution in [3.8, 4) is 5.75 Å². The first kappa shape index (κ1) is 22.3. The number of carbonyl (C=O) groups is 3. The molecule has 8 heteroatoms. The van der Waals surface area contributed by atoms with Crippen LogP contribution in [0.1, 0.15) is 51.4 Å². The maximum atomic E-state index is 12.5. The maximum Gasteiger partial charge on any atom is 0.412 e. The van der Waals surface area contributed by atoms with Crippen molar-refractivity contribution < 1.29 is 29.0 Å². The third kappa shape index (κ3) is 7.55. The van der Waals surface area contributed by atoms with E-state index >= 15 is 0 Å². The first-order chi connectivity index (χ1) is 12.4. The number of esters is 1. The Labute approximate surface area is 159 Å². The number of benzene rings is 1. The zero-order valence-electron chi connectivity index (χ0n) is 16.6. The van der Waals surface area contributed by atoms with E-state index < -0.39 is 29.6 Å². The first-order valence-corrected chi connectivity index (χ1v) is 8.64. The molecule has 0 aliphatic carbocycles.